The number of hydrogen-bond donors (Lipinski definition) is 1. The summed E-state index contributed by atoms with van der Waals surface area (Å²) in [5.41, 5.74) is 7.49. The van der Waals surface area contributed by atoms with Crippen molar-refractivity contribution < 1.29 is 9.59 Å². The molecule has 2 N–H and O–H groups in total. The van der Waals surface area contributed by atoms with Gasteiger partial charge in [0.2, 0.25) is 11.8 Å². The quantitative estimate of drug-likeness (QED) is 0.889. The SMILES string of the molecule is Cc1cccc(CC(=O)N2CCC(C(N)=O)CC2)c1. The summed E-state index contributed by atoms with van der Waals surface area (Å²) in [7, 11) is 0. The molecule has 0 bridgehead atoms. The first-order valence-corrected chi connectivity index (χ1v) is 6.69. The lowest BCUT2D eigenvalue weighted by molar-refractivity contribution is -0.134. The van der Waals surface area contributed by atoms with Crippen LogP contribution in [-0.2, 0) is 16.0 Å². The smallest absolute Gasteiger partial charge is 0.226 e. The van der Waals surface area contributed by atoms with Gasteiger partial charge >= 0.3 is 0 Å². The third-order valence-corrected chi connectivity index (χ3v) is 3.69. The van der Waals surface area contributed by atoms with E-state index in [1.807, 2.05) is 36.1 Å². The van der Waals surface area contributed by atoms with Gasteiger partial charge in [0, 0.05) is 19.0 Å². The number of hydrogen-bond acceptors (Lipinski definition) is 2. The Balaban J connectivity index is 1.90. The summed E-state index contributed by atoms with van der Waals surface area (Å²) in [6, 6.07) is 8.00. The number of primary amides is 1. The van der Waals surface area contributed by atoms with E-state index in [0.29, 0.717) is 32.4 Å². The lowest BCUT2D eigenvalue weighted by Gasteiger charge is -2.30. The lowest BCUT2D eigenvalue weighted by Crippen LogP contribution is -2.42. The highest BCUT2D eigenvalue weighted by molar-refractivity contribution is 5.80. The Morgan fingerprint density at radius 3 is 2.58 bits per heavy atom. The molecule has 0 aromatic heterocycles. The van der Waals surface area contributed by atoms with E-state index < -0.39 is 0 Å². The molecule has 2 rings (SSSR count). The van der Waals surface area contributed by atoms with Gasteiger partial charge in [-0.25, -0.2) is 0 Å². The zero-order valence-electron chi connectivity index (χ0n) is 11.3. The maximum Gasteiger partial charge on any atom is 0.226 e. The van der Waals surface area contributed by atoms with E-state index in [9.17, 15) is 9.59 Å². The molecular formula is C15H20N2O2. The molecule has 19 heavy (non-hydrogen) atoms. The number of likely N-dealkylation sites (tertiary alicyclic amines) is 1. The third-order valence-electron chi connectivity index (χ3n) is 3.69. The number of benzene rings is 1. The highest BCUT2D eigenvalue weighted by atomic mass is 16.2. The van der Waals surface area contributed by atoms with Gasteiger partial charge in [0.1, 0.15) is 0 Å². The van der Waals surface area contributed by atoms with Crippen LogP contribution in [-0.4, -0.2) is 29.8 Å². The van der Waals surface area contributed by atoms with Crippen molar-refractivity contribution in [3.05, 3.63) is 35.4 Å². The first-order valence-electron chi connectivity index (χ1n) is 6.69. The van der Waals surface area contributed by atoms with Crippen LogP contribution in [0.1, 0.15) is 24.0 Å². The van der Waals surface area contributed by atoms with Gasteiger partial charge < -0.3 is 10.6 Å². The zero-order valence-corrected chi connectivity index (χ0v) is 11.3. The fourth-order valence-electron chi connectivity index (χ4n) is 2.52. The standard InChI is InChI=1S/C15H20N2O2/c1-11-3-2-4-12(9-11)10-14(18)17-7-5-13(6-8-17)15(16)19/h2-4,9,13H,5-8,10H2,1H3,(H2,16,19). The molecule has 0 aliphatic carbocycles. The van der Waals surface area contributed by atoms with E-state index in [1.165, 1.54) is 0 Å². The maximum atomic E-state index is 12.2. The molecule has 1 aromatic rings. The summed E-state index contributed by atoms with van der Waals surface area (Å²) in [6.45, 7) is 3.29. The minimum absolute atomic E-state index is 0.0666. The normalized spacial score (nSPS) is 16.4. The maximum absolute atomic E-state index is 12.2. The van der Waals surface area contributed by atoms with Crippen LogP contribution < -0.4 is 5.73 Å². The molecule has 0 atom stereocenters. The number of aryl methyl sites for hydroxylation is 1. The van der Waals surface area contributed by atoms with Crippen molar-refractivity contribution in [1.29, 1.82) is 0 Å². The second kappa shape index (κ2) is 5.87. The zero-order chi connectivity index (χ0) is 13.8. The summed E-state index contributed by atoms with van der Waals surface area (Å²) in [5.74, 6) is -0.178. The van der Waals surface area contributed by atoms with Crippen molar-refractivity contribution >= 4 is 11.8 Å². The predicted octanol–water partition coefficient (Wildman–Crippen LogP) is 1.26. The Morgan fingerprint density at radius 1 is 1.32 bits per heavy atom. The first-order chi connectivity index (χ1) is 9.06. The molecular weight excluding hydrogens is 240 g/mol. The van der Waals surface area contributed by atoms with E-state index in [0.717, 1.165) is 11.1 Å². The van der Waals surface area contributed by atoms with Crippen molar-refractivity contribution in [2.24, 2.45) is 11.7 Å². The molecule has 0 radical (unpaired) electrons. The molecule has 2 amide bonds. The molecule has 1 heterocycles. The highest BCUT2D eigenvalue weighted by Crippen LogP contribution is 2.17. The molecule has 4 heteroatoms. The van der Waals surface area contributed by atoms with Gasteiger partial charge in [0.25, 0.3) is 0 Å². The van der Waals surface area contributed by atoms with Crippen LogP contribution in [0.2, 0.25) is 0 Å². The monoisotopic (exact) mass is 260 g/mol. The average Bonchev–Trinajstić information content (AvgIpc) is 2.39. The minimum Gasteiger partial charge on any atom is -0.369 e. The summed E-state index contributed by atoms with van der Waals surface area (Å²) in [4.78, 5) is 25.1. The number of carbonyl (C=O) groups is 2. The fraction of sp³-hybridized carbons (Fsp3) is 0.467. The highest BCUT2D eigenvalue weighted by Gasteiger charge is 2.25. The van der Waals surface area contributed by atoms with Crippen molar-refractivity contribution in [3.8, 4) is 0 Å². The molecule has 1 fully saturated rings. The Morgan fingerprint density at radius 2 is 2.00 bits per heavy atom. The van der Waals surface area contributed by atoms with E-state index in [2.05, 4.69) is 0 Å². The van der Waals surface area contributed by atoms with E-state index in [4.69, 9.17) is 5.73 Å². The molecule has 1 saturated heterocycles. The Bertz CT molecular complexity index is 477. The Kier molecular flexibility index (Phi) is 4.20. The number of piperidine rings is 1. The van der Waals surface area contributed by atoms with Gasteiger partial charge in [-0.1, -0.05) is 29.8 Å². The van der Waals surface area contributed by atoms with Crippen molar-refractivity contribution in [2.45, 2.75) is 26.2 Å². The molecule has 0 unspecified atom stereocenters. The summed E-state index contributed by atoms with van der Waals surface area (Å²) in [5, 5.41) is 0. The molecule has 0 saturated carbocycles. The van der Waals surface area contributed by atoms with Crippen LogP contribution in [0.3, 0.4) is 0 Å². The lowest BCUT2D eigenvalue weighted by atomic mass is 9.96. The number of nitrogens with two attached hydrogens (primary N) is 1. The van der Waals surface area contributed by atoms with Gasteiger partial charge in [-0.3, -0.25) is 9.59 Å². The van der Waals surface area contributed by atoms with Crippen LogP contribution in [0, 0.1) is 12.8 Å². The van der Waals surface area contributed by atoms with E-state index in [1.54, 1.807) is 0 Å². The van der Waals surface area contributed by atoms with Crippen molar-refractivity contribution in [3.63, 3.8) is 0 Å². The number of nitrogens with zero attached hydrogens (tertiary/aromatic N) is 1. The van der Waals surface area contributed by atoms with Crippen LogP contribution in [0.4, 0.5) is 0 Å². The Labute approximate surface area is 113 Å². The summed E-state index contributed by atoms with van der Waals surface area (Å²) < 4.78 is 0. The second-order valence-electron chi connectivity index (χ2n) is 5.22. The first kappa shape index (κ1) is 13.6. The van der Waals surface area contributed by atoms with Crippen molar-refractivity contribution in [2.75, 3.05) is 13.1 Å². The summed E-state index contributed by atoms with van der Waals surface area (Å²) in [6.07, 6.45) is 1.81. The third kappa shape index (κ3) is 3.56. The molecule has 0 spiro atoms. The summed E-state index contributed by atoms with van der Waals surface area (Å²) >= 11 is 0. The molecule has 1 aliphatic heterocycles. The molecule has 1 aromatic carbocycles. The van der Waals surface area contributed by atoms with Gasteiger partial charge in [0.05, 0.1) is 6.42 Å². The minimum atomic E-state index is -0.245. The largest absolute Gasteiger partial charge is 0.369 e. The molecule has 102 valence electrons. The fourth-order valence-corrected chi connectivity index (χ4v) is 2.52. The predicted molar refractivity (Wildman–Crippen MR) is 73.4 cm³/mol. The van der Waals surface area contributed by atoms with E-state index >= 15 is 0 Å². The topological polar surface area (TPSA) is 63.4 Å². The van der Waals surface area contributed by atoms with Crippen LogP contribution in [0.25, 0.3) is 0 Å². The van der Waals surface area contributed by atoms with Gasteiger partial charge in [-0.05, 0) is 25.3 Å². The van der Waals surface area contributed by atoms with Crippen LogP contribution in [0.5, 0.6) is 0 Å². The number of rotatable bonds is 3. The van der Waals surface area contributed by atoms with Gasteiger partial charge in [-0.15, -0.1) is 0 Å². The average molecular weight is 260 g/mol. The van der Waals surface area contributed by atoms with E-state index in [-0.39, 0.29) is 17.7 Å². The van der Waals surface area contributed by atoms with Gasteiger partial charge in [-0.2, -0.15) is 0 Å². The van der Waals surface area contributed by atoms with Crippen LogP contribution in [0.15, 0.2) is 24.3 Å². The Hall–Kier alpha value is -1.84. The number of amides is 2. The second-order valence-corrected chi connectivity index (χ2v) is 5.22. The van der Waals surface area contributed by atoms with Crippen LogP contribution >= 0.6 is 0 Å². The van der Waals surface area contributed by atoms with Gasteiger partial charge in [0.15, 0.2) is 0 Å². The molecule has 4 nitrogen and oxygen atoms in total. The van der Waals surface area contributed by atoms with Crippen molar-refractivity contribution in [1.82, 2.24) is 4.90 Å². The number of carbonyl (C=O) groups excluding carboxylic acids is 2. The molecule has 1 aliphatic rings.